The number of aryl methyl sites for hydroxylation is 4. The van der Waals surface area contributed by atoms with E-state index < -0.39 is 10.8 Å². The summed E-state index contributed by atoms with van der Waals surface area (Å²) in [6, 6.07) is 0. The first kappa shape index (κ1) is 58.7. The lowest BCUT2D eigenvalue weighted by atomic mass is 10.0. The summed E-state index contributed by atoms with van der Waals surface area (Å²) >= 11 is 14.2. The van der Waals surface area contributed by atoms with Crippen molar-refractivity contribution in [1.29, 1.82) is 0 Å². The second kappa shape index (κ2) is 33.7. The minimum atomic E-state index is -1.49. The van der Waals surface area contributed by atoms with Crippen LogP contribution in [-0.4, -0.2) is 79.4 Å². The van der Waals surface area contributed by atoms with Crippen LogP contribution in [-0.2, 0) is 43.0 Å². The maximum Gasteiger partial charge on any atom is 0.305 e. The molecule has 0 aliphatic heterocycles. The highest BCUT2D eigenvalue weighted by Crippen LogP contribution is 2.31. The van der Waals surface area contributed by atoms with E-state index in [2.05, 4.69) is 52.9 Å². The van der Waals surface area contributed by atoms with Crippen molar-refractivity contribution in [3.8, 4) is 0 Å². The molecule has 0 fully saturated rings. The number of thioether (sulfide) groups is 1. The standard InChI is InChI=1S/C52H84Cl2N8O5S2/c1-39(2)68-49-45-47(57-51(53)59-49)55-41(4)61(45)36-31-27-23-19-15-11-8-10-14-18-22-26-30-34-44(64)67-38-35-40(3)69(65)50-46-48(58-52(54)60-50)56-42(5)62(46)37-32-28-24-20-16-12-7-9-13-17-21-25-29-33-43(63)66-6/h39-40H,7-38H2,1-6H3. The molecule has 0 saturated carbocycles. The summed E-state index contributed by atoms with van der Waals surface area (Å²) in [5.74, 6) is 1.48. The maximum absolute atomic E-state index is 13.9. The molecule has 388 valence electrons. The van der Waals surface area contributed by atoms with E-state index in [1.165, 1.54) is 123 Å². The number of carbonyl (C=O) groups excluding carboxylic acids is 2. The van der Waals surface area contributed by atoms with Gasteiger partial charge in [0.05, 0.1) is 24.5 Å². The summed E-state index contributed by atoms with van der Waals surface area (Å²) in [5.41, 5.74) is 2.87. The molecule has 0 radical (unpaired) electrons. The van der Waals surface area contributed by atoms with Gasteiger partial charge in [-0.1, -0.05) is 162 Å². The predicted molar refractivity (Wildman–Crippen MR) is 284 cm³/mol. The number of imidazole rings is 2. The molecular formula is C52H84Cl2N8O5S2. The van der Waals surface area contributed by atoms with E-state index in [0.29, 0.717) is 46.3 Å². The van der Waals surface area contributed by atoms with Crippen LogP contribution in [0.2, 0.25) is 10.6 Å². The number of halogens is 2. The van der Waals surface area contributed by atoms with Gasteiger partial charge in [0.1, 0.15) is 27.7 Å². The number of carbonyl (C=O) groups is 2. The van der Waals surface area contributed by atoms with E-state index >= 15 is 0 Å². The Labute approximate surface area is 430 Å². The van der Waals surface area contributed by atoms with Crippen molar-refractivity contribution >= 4 is 80.0 Å². The van der Waals surface area contributed by atoms with E-state index in [9.17, 15) is 13.8 Å². The largest absolute Gasteiger partial charge is 0.469 e. The van der Waals surface area contributed by atoms with Crippen LogP contribution in [0, 0.1) is 13.8 Å². The number of hydrogen-bond donors (Lipinski definition) is 0. The number of esters is 2. The van der Waals surface area contributed by atoms with Gasteiger partial charge in [-0.05, 0) is 69.2 Å². The molecule has 2 unspecified atom stereocenters. The minimum absolute atomic E-state index is 0.0354. The molecule has 4 aromatic heterocycles. The highest BCUT2D eigenvalue weighted by Gasteiger charge is 2.24. The third kappa shape index (κ3) is 21.8. The molecule has 13 nitrogen and oxygen atoms in total. The molecular weight excluding hydrogens is 952 g/mol. The highest BCUT2D eigenvalue weighted by atomic mass is 35.5. The van der Waals surface area contributed by atoms with Gasteiger partial charge in [0, 0.05) is 36.4 Å². The van der Waals surface area contributed by atoms with Gasteiger partial charge < -0.3 is 18.6 Å². The van der Waals surface area contributed by atoms with Gasteiger partial charge in [0.15, 0.2) is 16.3 Å². The van der Waals surface area contributed by atoms with Crippen LogP contribution in [0.15, 0.2) is 10.1 Å². The molecule has 17 heteroatoms. The van der Waals surface area contributed by atoms with E-state index in [-0.39, 0.29) is 34.4 Å². The van der Waals surface area contributed by atoms with Crippen LogP contribution >= 0.6 is 35.0 Å². The zero-order valence-corrected chi connectivity index (χ0v) is 46.1. The molecule has 0 amide bonds. The van der Waals surface area contributed by atoms with Crippen molar-refractivity contribution in [2.45, 2.75) is 254 Å². The smallest absolute Gasteiger partial charge is 0.305 e. The quantitative estimate of drug-likeness (QED) is 0.0137. The normalized spacial score (nSPS) is 12.7. The van der Waals surface area contributed by atoms with Gasteiger partial charge in [-0.2, -0.15) is 9.97 Å². The van der Waals surface area contributed by atoms with Gasteiger partial charge >= 0.3 is 11.9 Å². The van der Waals surface area contributed by atoms with Crippen molar-refractivity contribution in [3.05, 3.63) is 22.2 Å². The molecule has 0 spiro atoms. The average Bonchev–Trinajstić information content (AvgIpc) is 3.80. The summed E-state index contributed by atoms with van der Waals surface area (Å²) in [5, 5.41) is 1.72. The summed E-state index contributed by atoms with van der Waals surface area (Å²) in [6.45, 7) is 12.1. The SMILES string of the molecule is COC(=O)CCCCCCCCCCCCCCCn1c(C)nc2nc(Cl)nc(S(=O)C(C)CCOC(=O)CCCCCCCCCCCCCCCn3c(C)nc4nc(Cl)nc(SC(C)C)c43)c21. The topological polar surface area (TPSA) is 157 Å². The van der Waals surface area contributed by atoms with Crippen molar-refractivity contribution in [2.75, 3.05) is 13.7 Å². The van der Waals surface area contributed by atoms with Gasteiger partial charge in [0.25, 0.3) is 0 Å². The number of hydrogen-bond acceptors (Lipinski definition) is 12. The van der Waals surface area contributed by atoms with E-state index in [0.717, 1.165) is 86.6 Å². The van der Waals surface area contributed by atoms with Crippen molar-refractivity contribution in [2.24, 2.45) is 0 Å². The Morgan fingerprint density at radius 2 is 0.942 bits per heavy atom. The Balaban J connectivity index is 0.992. The Bertz CT molecular complexity index is 2150. The fourth-order valence-electron chi connectivity index (χ4n) is 8.95. The molecule has 0 N–H and O–H groups in total. The molecule has 2 atom stereocenters. The molecule has 0 bridgehead atoms. The third-order valence-electron chi connectivity index (χ3n) is 12.9. The fraction of sp³-hybridized carbons (Fsp3) is 0.769. The molecule has 4 rings (SSSR count). The Kier molecular flexibility index (Phi) is 28.7. The Morgan fingerprint density at radius 1 is 0.551 bits per heavy atom. The number of ether oxygens (including phenoxy) is 2. The molecule has 69 heavy (non-hydrogen) atoms. The second-order valence-electron chi connectivity index (χ2n) is 19.1. The van der Waals surface area contributed by atoms with Gasteiger partial charge in [0.2, 0.25) is 10.6 Å². The van der Waals surface area contributed by atoms with Crippen LogP contribution in [0.5, 0.6) is 0 Å². The maximum atomic E-state index is 13.9. The number of methoxy groups -OCH3 is 1. The number of fused-ring (bicyclic) bond motifs is 2. The molecule has 0 aromatic carbocycles. The Hall–Kier alpha value is -2.88. The van der Waals surface area contributed by atoms with Crippen molar-refractivity contribution in [3.63, 3.8) is 0 Å². The fourth-order valence-corrected chi connectivity index (χ4v) is 11.5. The lowest BCUT2D eigenvalue weighted by Crippen LogP contribution is -2.18. The highest BCUT2D eigenvalue weighted by molar-refractivity contribution is 8.00. The molecule has 0 saturated heterocycles. The number of aromatic nitrogens is 8. The third-order valence-corrected chi connectivity index (χ3v) is 15.9. The van der Waals surface area contributed by atoms with Crippen LogP contribution in [0.25, 0.3) is 22.3 Å². The van der Waals surface area contributed by atoms with Gasteiger partial charge in [-0.15, -0.1) is 11.8 Å². The predicted octanol–water partition coefficient (Wildman–Crippen LogP) is 14.6. The molecule has 4 aromatic rings. The average molecular weight is 1040 g/mol. The first-order valence-corrected chi connectivity index (χ1v) is 29.3. The van der Waals surface area contributed by atoms with Crippen LogP contribution in [0.1, 0.15) is 219 Å². The van der Waals surface area contributed by atoms with Gasteiger partial charge in [-0.3, -0.25) is 13.8 Å². The van der Waals surface area contributed by atoms with Crippen LogP contribution in [0.4, 0.5) is 0 Å². The minimum Gasteiger partial charge on any atom is -0.469 e. The number of rotatable bonds is 39. The zero-order chi connectivity index (χ0) is 49.8. The van der Waals surface area contributed by atoms with Crippen molar-refractivity contribution < 1.29 is 23.3 Å². The zero-order valence-electron chi connectivity index (χ0n) is 43.0. The number of unbranched alkanes of at least 4 members (excludes halogenated alkanes) is 24. The summed E-state index contributed by atoms with van der Waals surface area (Å²) in [6.07, 6.45) is 32.3. The monoisotopic (exact) mass is 1030 g/mol. The lowest BCUT2D eigenvalue weighted by Gasteiger charge is -2.14. The van der Waals surface area contributed by atoms with E-state index in [1.807, 2.05) is 20.8 Å². The molecule has 4 heterocycles. The first-order chi connectivity index (χ1) is 33.4. The van der Waals surface area contributed by atoms with Crippen LogP contribution in [0.3, 0.4) is 0 Å². The van der Waals surface area contributed by atoms with E-state index in [4.69, 9.17) is 32.7 Å². The summed E-state index contributed by atoms with van der Waals surface area (Å²) in [4.78, 5) is 50.8. The van der Waals surface area contributed by atoms with Crippen molar-refractivity contribution in [1.82, 2.24) is 39.0 Å². The molecule has 0 aliphatic rings. The second-order valence-corrected chi connectivity index (χ2v) is 23.1. The first-order valence-electron chi connectivity index (χ1n) is 26.5. The lowest BCUT2D eigenvalue weighted by molar-refractivity contribution is -0.144. The van der Waals surface area contributed by atoms with Gasteiger partial charge in [-0.25, -0.2) is 19.9 Å². The summed E-state index contributed by atoms with van der Waals surface area (Å²) in [7, 11) is -0.0358. The van der Waals surface area contributed by atoms with Crippen LogP contribution < -0.4 is 0 Å². The summed E-state index contributed by atoms with van der Waals surface area (Å²) < 4.78 is 28.5. The number of nitrogens with zero attached hydrogens (tertiary/aromatic N) is 8. The Morgan fingerprint density at radius 3 is 1.39 bits per heavy atom. The van der Waals surface area contributed by atoms with E-state index in [1.54, 1.807) is 11.8 Å². The molecule has 0 aliphatic carbocycles.